The van der Waals surface area contributed by atoms with Crippen molar-refractivity contribution in [3.8, 4) is 0 Å². The van der Waals surface area contributed by atoms with Crippen molar-refractivity contribution < 1.29 is 13.9 Å². The second-order valence-electron chi connectivity index (χ2n) is 2.27. The molecule has 0 aliphatic heterocycles. The van der Waals surface area contributed by atoms with Crippen LogP contribution in [0.4, 0.5) is 9.18 Å². The van der Waals surface area contributed by atoms with Crippen LogP contribution >= 0.6 is 23.2 Å². The molecule has 0 saturated heterocycles. The van der Waals surface area contributed by atoms with E-state index < -0.39 is 11.2 Å². The van der Waals surface area contributed by atoms with Gasteiger partial charge in [-0.05, 0) is 17.7 Å². The molecule has 13 heavy (non-hydrogen) atoms. The van der Waals surface area contributed by atoms with Gasteiger partial charge in [0.1, 0.15) is 12.4 Å². The molecule has 1 rings (SSSR count). The van der Waals surface area contributed by atoms with E-state index in [0.29, 0.717) is 5.56 Å². The summed E-state index contributed by atoms with van der Waals surface area (Å²) in [7, 11) is 0. The summed E-state index contributed by atoms with van der Waals surface area (Å²) >= 11 is 10.4. The topological polar surface area (TPSA) is 26.3 Å². The molecule has 2 nitrogen and oxygen atoms in total. The molecule has 0 aromatic heterocycles. The number of hydrogen-bond acceptors (Lipinski definition) is 2. The lowest BCUT2D eigenvalue weighted by Crippen LogP contribution is -1.95. The molecule has 0 aliphatic rings. The average Bonchev–Trinajstić information content (AvgIpc) is 2.07. The van der Waals surface area contributed by atoms with E-state index in [1.165, 1.54) is 12.1 Å². The molecule has 0 N–H and O–H groups in total. The van der Waals surface area contributed by atoms with Crippen LogP contribution in [0.25, 0.3) is 0 Å². The third kappa shape index (κ3) is 3.20. The predicted octanol–water partition coefficient (Wildman–Crippen LogP) is 3.35. The van der Waals surface area contributed by atoms with E-state index in [2.05, 4.69) is 4.74 Å². The first-order chi connectivity index (χ1) is 6.09. The summed E-state index contributed by atoms with van der Waals surface area (Å²) in [4.78, 5) is 10.2. The van der Waals surface area contributed by atoms with Crippen LogP contribution in [0.15, 0.2) is 18.2 Å². The molecule has 0 saturated carbocycles. The van der Waals surface area contributed by atoms with Crippen molar-refractivity contribution in [3.63, 3.8) is 0 Å². The van der Waals surface area contributed by atoms with Crippen LogP contribution in [-0.2, 0) is 11.3 Å². The molecule has 1 aromatic carbocycles. The van der Waals surface area contributed by atoms with E-state index in [4.69, 9.17) is 23.2 Å². The van der Waals surface area contributed by atoms with Crippen molar-refractivity contribution in [1.82, 2.24) is 0 Å². The first-order valence-corrected chi connectivity index (χ1v) is 4.11. The Morgan fingerprint density at radius 3 is 2.77 bits per heavy atom. The monoisotopic (exact) mass is 222 g/mol. The highest BCUT2D eigenvalue weighted by Gasteiger charge is 2.02. The average molecular weight is 223 g/mol. The van der Waals surface area contributed by atoms with E-state index in [0.717, 1.165) is 0 Å². The maximum Gasteiger partial charge on any atom is 0.404 e. The van der Waals surface area contributed by atoms with Crippen LogP contribution in [0.5, 0.6) is 0 Å². The lowest BCUT2D eigenvalue weighted by atomic mass is 10.2. The van der Waals surface area contributed by atoms with Crippen LogP contribution in [0.1, 0.15) is 5.56 Å². The summed E-state index contributed by atoms with van der Waals surface area (Å²) < 4.78 is 17.2. The maximum absolute atomic E-state index is 12.8. The Kier molecular flexibility index (Phi) is 3.51. The van der Waals surface area contributed by atoms with Crippen molar-refractivity contribution in [1.29, 1.82) is 0 Å². The second-order valence-corrected chi connectivity index (χ2v) is 2.99. The Balaban J connectivity index is 2.68. The summed E-state index contributed by atoms with van der Waals surface area (Å²) in [5.41, 5.74) is -0.425. The smallest absolute Gasteiger partial charge is 0.404 e. The molecule has 70 valence electrons. The molecule has 0 radical (unpaired) electrons. The molecular formula is C8H5Cl2FO2. The van der Waals surface area contributed by atoms with Crippen molar-refractivity contribution >= 4 is 28.6 Å². The predicted molar refractivity (Wildman–Crippen MR) is 47.4 cm³/mol. The summed E-state index contributed by atoms with van der Waals surface area (Å²) in [5, 5.41) is 0.0287. The Bertz CT molecular complexity index is 328. The molecule has 0 aliphatic carbocycles. The first kappa shape index (κ1) is 10.3. The Hall–Kier alpha value is -0.800. The first-order valence-electron chi connectivity index (χ1n) is 3.36. The van der Waals surface area contributed by atoms with Crippen molar-refractivity contribution in [2.45, 2.75) is 6.61 Å². The molecule has 0 spiro atoms. The highest BCUT2D eigenvalue weighted by Crippen LogP contribution is 2.16. The number of hydrogen-bond donors (Lipinski definition) is 0. The fourth-order valence-electron chi connectivity index (χ4n) is 0.769. The zero-order chi connectivity index (χ0) is 9.84. The zero-order valence-corrected chi connectivity index (χ0v) is 7.90. The number of rotatable bonds is 2. The Morgan fingerprint density at radius 1 is 1.54 bits per heavy atom. The van der Waals surface area contributed by atoms with E-state index in [9.17, 15) is 9.18 Å². The highest BCUT2D eigenvalue weighted by molar-refractivity contribution is 6.61. The van der Waals surface area contributed by atoms with Gasteiger partial charge in [0.2, 0.25) is 0 Å². The standard InChI is InChI=1S/C8H5Cl2FO2/c9-6-2-1-5(3-7(6)11)4-13-8(10)12/h1-3H,4H2. The van der Waals surface area contributed by atoms with E-state index in [1.54, 1.807) is 6.07 Å². The fraction of sp³-hybridized carbons (Fsp3) is 0.125. The summed E-state index contributed by atoms with van der Waals surface area (Å²) in [6, 6.07) is 4.11. The van der Waals surface area contributed by atoms with Crippen LogP contribution in [0, 0.1) is 5.82 Å². The van der Waals surface area contributed by atoms with Gasteiger partial charge in [0.05, 0.1) is 5.02 Å². The van der Waals surface area contributed by atoms with Crippen molar-refractivity contribution in [2.24, 2.45) is 0 Å². The molecule has 0 amide bonds. The quantitative estimate of drug-likeness (QED) is 0.718. The largest absolute Gasteiger partial charge is 0.449 e. The Labute approximate surface area is 84.2 Å². The van der Waals surface area contributed by atoms with Crippen molar-refractivity contribution in [3.05, 3.63) is 34.6 Å². The van der Waals surface area contributed by atoms with E-state index in [1.807, 2.05) is 0 Å². The number of carbonyl (C=O) groups excluding carboxylic acids is 1. The summed E-state index contributed by atoms with van der Waals surface area (Å²) in [6.45, 7) is -0.0591. The minimum atomic E-state index is -0.921. The molecule has 0 fully saturated rings. The fourth-order valence-corrected chi connectivity index (χ4v) is 0.942. The number of halogens is 3. The maximum atomic E-state index is 12.8. The normalized spacial score (nSPS) is 9.77. The van der Waals surface area contributed by atoms with Gasteiger partial charge >= 0.3 is 5.43 Å². The van der Waals surface area contributed by atoms with Gasteiger partial charge in [-0.1, -0.05) is 17.7 Å². The molecule has 5 heteroatoms. The van der Waals surface area contributed by atoms with Gasteiger partial charge in [0, 0.05) is 11.6 Å². The molecule has 0 unspecified atom stereocenters. The van der Waals surface area contributed by atoms with E-state index >= 15 is 0 Å². The zero-order valence-electron chi connectivity index (χ0n) is 6.39. The van der Waals surface area contributed by atoms with E-state index in [-0.39, 0.29) is 11.6 Å². The summed E-state index contributed by atoms with van der Waals surface area (Å²) in [5.74, 6) is -0.551. The minimum Gasteiger partial charge on any atom is -0.449 e. The Morgan fingerprint density at radius 2 is 2.23 bits per heavy atom. The van der Waals surface area contributed by atoms with Gasteiger partial charge in [-0.25, -0.2) is 9.18 Å². The second kappa shape index (κ2) is 4.44. The molecule has 0 bridgehead atoms. The van der Waals surface area contributed by atoms with Crippen LogP contribution in [0.2, 0.25) is 5.02 Å². The lowest BCUT2D eigenvalue weighted by molar-refractivity contribution is 0.167. The number of carbonyl (C=O) groups is 1. The van der Waals surface area contributed by atoms with Gasteiger partial charge in [-0.3, -0.25) is 0 Å². The number of benzene rings is 1. The summed E-state index contributed by atoms with van der Waals surface area (Å²) in [6.07, 6.45) is 0. The minimum absolute atomic E-state index is 0.0287. The number of ether oxygens (including phenoxy) is 1. The molecular weight excluding hydrogens is 218 g/mol. The van der Waals surface area contributed by atoms with Gasteiger partial charge in [-0.15, -0.1) is 0 Å². The highest BCUT2D eigenvalue weighted by atomic mass is 35.5. The third-order valence-electron chi connectivity index (χ3n) is 1.34. The molecule has 0 atom stereocenters. The SMILES string of the molecule is O=C(Cl)OCc1ccc(Cl)c(F)c1. The van der Waals surface area contributed by atoms with Crippen LogP contribution in [-0.4, -0.2) is 5.43 Å². The lowest BCUT2D eigenvalue weighted by Gasteiger charge is -2.01. The third-order valence-corrected chi connectivity index (χ3v) is 1.75. The van der Waals surface area contributed by atoms with Gasteiger partial charge in [0.25, 0.3) is 0 Å². The van der Waals surface area contributed by atoms with Gasteiger partial charge < -0.3 is 4.74 Å². The molecule has 0 heterocycles. The van der Waals surface area contributed by atoms with Gasteiger partial charge in [0.15, 0.2) is 0 Å². The van der Waals surface area contributed by atoms with Gasteiger partial charge in [-0.2, -0.15) is 0 Å². The van der Waals surface area contributed by atoms with Crippen LogP contribution < -0.4 is 0 Å². The van der Waals surface area contributed by atoms with Crippen molar-refractivity contribution in [2.75, 3.05) is 0 Å². The molecule has 1 aromatic rings. The van der Waals surface area contributed by atoms with Crippen LogP contribution in [0.3, 0.4) is 0 Å².